The second kappa shape index (κ2) is 21.8. The molecule has 2 aromatic carbocycles. The van der Waals surface area contributed by atoms with E-state index in [2.05, 4.69) is 42.0 Å². The Hall–Kier alpha value is -5.53. The lowest BCUT2D eigenvalue weighted by Crippen LogP contribution is -2.65. The highest BCUT2D eigenvalue weighted by atomic mass is 16.7. The summed E-state index contributed by atoms with van der Waals surface area (Å²) in [5.74, 6) is -5.31. The molecule has 8 N–H and O–H groups in total. The highest BCUT2D eigenvalue weighted by molar-refractivity contribution is 6.48. The topological polar surface area (TPSA) is 265 Å². The Kier molecular flexibility index (Phi) is 16.7. The van der Waals surface area contributed by atoms with Gasteiger partial charge in [-0.1, -0.05) is 71.9 Å². The van der Waals surface area contributed by atoms with Crippen molar-refractivity contribution in [3.05, 3.63) is 60.2 Å². The van der Waals surface area contributed by atoms with E-state index in [0.29, 0.717) is 43.3 Å². The number of hydrogen-bond donors (Lipinski definition) is 7. The average molecular weight is 945 g/mol. The molecule has 2 heterocycles. The Balaban J connectivity index is 1.14. The van der Waals surface area contributed by atoms with Gasteiger partial charge in [-0.15, -0.1) is 0 Å². The van der Waals surface area contributed by atoms with Crippen molar-refractivity contribution in [3.8, 4) is 11.5 Å². The van der Waals surface area contributed by atoms with Crippen LogP contribution < -0.4 is 31.7 Å². The van der Waals surface area contributed by atoms with Crippen molar-refractivity contribution < 1.29 is 57.8 Å². The number of carboxylic acid groups (broad SMARTS) is 2. The molecule has 0 unspecified atom stereocenters. The van der Waals surface area contributed by atoms with Crippen LogP contribution in [0.1, 0.15) is 105 Å². The Bertz CT molecular complexity index is 2160. The number of aliphatic carboxylic acids is 2. The molecule has 10 atom stereocenters. The van der Waals surface area contributed by atoms with E-state index < -0.39 is 109 Å². The lowest BCUT2D eigenvalue weighted by Gasteiger charge is -2.64. The molecule has 3 saturated carbocycles. The Morgan fingerprint density at radius 1 is 0.809 bits per heavy atom. The van der Waals surface area contributed by atoms with Gasteiger partial charge in [0.15, 0.2) is 0 Å². The number of likely N-dealkylation sites (tertiary alicyclic amines) is 1. The largest absolute Gasteiger partial charge is 0.481 e. The van der Waals surface area contributed by atoms with Gasteiger partial charge >= 0.3 is 19.1 Å². The van der Waals surface area contributed by atoms with Gasteiger partial charge in [0.2, 0.25) is 29.5 Å². The van der Waals surface area contributed by atoms with Gasteiger partial charge in [0.25, 0.3) is 0 Å². The number of rotatable bonds is 22. The fourth-order valence-corrected chi connectivity index (χ4v) is 10.4. The lowest BCUT2D eigenvalue weighted by molar-refractivity contribution is -0.199. The van der Waals surface area contributed by atoms with Crippen LogP contribution in [-0.2, 0) is 49.3 Å². The van der Waals surface area contributed by atoms with E-state index in [9.17, 15) is 38.7 Å². The number of carboxylic acids is 2. The van der Waals surface area contributed by atoms with Gasteiger partial charge in [-0.25, -0.2) is 0 Å². The van der Waals surface area contributed by atoms with Crippen LogP contribution in [0.5, 0.6) is 11.5 Å². The van der Waals surface area contributed by atoms with E-state index >= 15 is 0 Å². The summed E-state index contributed by atoms with van der Waals surface area (Å²) in [6.45, 7) is 13.8. The van der Waals surface area contributed by atoms with Gasteiger partial charge in [-0.05, 0) is 111 Å². The monoisotopic (exact) mass is 945 g/mol. The molecule has 0 spiro atoms. The van der Waals surface area contributed by atoms with Crippen LogP contribution in [0, 0.1) is 29.1 Å². The van der Waals surface area contributed by atoms with Gasteiger partial charge < -0.3 is 56.2 Å². The van der Waals surface area contributed by atoms with Gasteiger partial charge in [0.1, 0.15) is 35.7 Å². The van der Waals surface area contributed by atoms with E-state index in [4.69, 9.17) is 24.9 Å². The zero-order valence-corrected chi connectivity index (χ0v) is 40.2. The first-order valence-corrected chi connectivity index (χ1v) is 23.9. The molecule has 68 heavy (non-hydrogen) atoms. The highest BCUT2D eigenvalue weighted by Gasteiger charge is 2.68. The van der Waals surface area contributed by atoms with E-state index in [1.807, 2.05) is 54.6 Å². The summed E-state index contributed by atoms with van der Waals surface area (Å²) in [5.41, 5.74) is 6.30. The maximum absolute atomic E-state index is 14.5. The average Bonchev–Trinajstić information content (AvgIpc) is 3.92. The fraction of sp³-hybridized carbons (Fsp3) is 0.612. The SMILES string of the molecule is CC(C)[C@H](NC(=O)[C@H](CCC(=O)O)NC(=O)[C@@H](N)CC(=O)O)C(=O)N[C@H](C(=O)N1CCC[C@H]1C(=O)N[C@@H](CCc1ccc(Oc2ccccc2)cc1)B1O[C@H]2C[C@@H]3C[C@@H](C3(C)C)[C@@]2(C)O1)C(C)C. The predicted molar refractivity (Wildman–Crippen MR) is 251 cm³/mol. The Morgan fingerprint density at radius 2 is 1.46 bits per heavy atom. The van der Waals surface area contributed by atoms with Crippen LogP contribution in [0.4, 0.5) is 0 Å². The third kappa shape index (κ3) is 12.0. The third-order valence-electron chi connectivity index (χ3n) is 14.6. The fourth-order valence-electron chi connectivity index (χ4n) is 10.4. The van der Waals surface area contributed by atoms with E-state index in [1.54, 1.807) is 27.7 Å². The van der Waals surface area contributed by atoms with Crippen LogP contribution in [-0.4, -0.2) is 118 Å². The van der Waals surface area contributed by atoms with Crippen LogP contribution in [0.15, 0.2) is 54.6 Å². The molecule has 3 aliphatic carbocycles. The second-order valence-corrected chi connectivity index (χ2v) is 20.4. The number of amides is 5. The number of para-hydroxylation sites is 1. The number of benzene rings is 2. The molecule has 7 rings (SSSR count). The molecule has 19 heteroatoms. The molecule has 5 amide bonds. The molecule has 5 fully saturated rings. The minimum atomic E-state index is -1.52. The standard InChI is InChI=1S/C49H69BN6O12/c1-27(2)41(54-44(62)34(20-22-39(57)58)52-43(61)33(51)26-40(59)60)46(64)55-42(28(3)4)47(65)56-23-11-14-35(56)45(63)53-38(50-67-37-25-30-24-36(48(30,5)6)49(37,7)68-50)21-17-29-15-18-32(19-16-29)66-31-12-9-8-10-13-31/h8-10,12-13,15-16,18-19,27-28,30,33-38,41-42H,11,14,17,20-26,51H2,1-7H3,(H,52,61)(H,53,63)(H,54,62)(H,55,64)(H,57,58)(H,59,60)/t30-,33-,34-,35-,36-,37-,38-,41-,42-,49+/m0/s1. The van der Waals surface area contributed by atoms with Gasteiger partial charge in [-0.2, -0.15) is 0 Å². The van der Waals surface area contributed by atoms with Crippen molar-refractivity contribution in [1.29, 1.82) is 0 Å². The van der Waals surface area contributed by atoms with Crippen molar-refractivity contribution in [3.63, 3.8) is 0 Å². The summed E-state index contributed by atoms with van der Waals surface area (Å²) in [7, 11) is -0.722. The molecule has 2 aliphatic heterocycles. The summed E-state index contributed by atoms with van der Waals surface area (Å²) in [6, 6.07) is 11.2. The first-order valence-electron chi connectivity index (χ1n) is 23.9. The van der Waals surface area contributed by atoms with E-state index in [1.165, 1.54) is 4.90 Å². The van der Waals surface area contributed by atoms with Gasteiger partial charge in [-0.3, -0.25) is 33.6 Å². The molecule has 370 valence electrons. The molecule has 2 aromatic rings. The van der Waals surface area contributed by atoms with Gasteiger partial charge in [0, 0.05) is 13.0 Å². The highest BCUT2D eigenvalue weighted by Crippen LogP contribution is 2.65. The maximum atomic E-state index is 14.5. The molecule has 2 saturated heterocycles. The second-order valence-electron chi connectivity index (χ2n) is 20.4. The molecule has 18 nitrogen and oxygen atoms in total. The minimum Gasteiger partial charge on any atom is -0.481 e. The van der Waals surface area contributed by atoms with Gasteiger partial charge in [0.05, 0.1) is 30.1 Å². The molecule has 2 bridgehead atoms. The molecule has 0 aromatic heterocycles. The summed E-state index contributed by atoms with van der Waals surface area (Å²) >= 11 is 0. The normalized spacial score (nSPS) is 24.7. The molecule has 5 aliphatic rings. The van der Waals surface area contributed by atoms with Crippen molar-refractivity contribution in [2.75, 3.05) is 6.54 Å². The van der Waals surface area contributed by atoms with Crippen LogP contribution in [0.3, 0.4) is 0 Å². The van der Waals surface area contributed by atoms with Crippen molar-refractivity contribution in [1.82, 2.24) is 26.2 Å². The smallest absolute Gasteiger partial charge is 0.481 e. The number of ether oxygens (including phenoxy) is 1. The van der Waals surface area contributed by atoms with E-state index in [-0.39, 0.29) is 30.4 Å². The summed E-state index contributed by atoms with van der Waals surface area (Å²) in [4.78, 5) is 93.3. The van der Waals surface area contributed by atoms with E-state index in [0.717, 1.165) is 24.2 Å². The van der Waals surface area contributed by atoms with Crippen molar-refractivity contribution in [2.24, 2.45) is 34.8 Å². The van der Waals surface area contributed by atoms with Crippen molar-refractivity contribution >= 4 is 48.6 Å². The molecular formula is C49H69BN6O12. The molecule has 0 radical (unpaired) electrons. The number of aryl methyl sites for hydroxylation is 1. The number of nitrogens with zero attached hydrogens (tertiary/aromatic N) is 1. The number of nitrogens with two attached hydrogens (primary N) is 1. The van der Waals surface area contributed by atoms with Crippen LogP contribution in [0.2, 0.25) is 0 Å². The summed E-state index contributed by atoms with van der Waals surface area (Å²) in [5, 5.41) is 29.3. The van der Waals surface area contributed by atoms with Crippen molar-refractivity contribution in [2.45, 2.75) is 154 Å². The lowest BCUT2D eigenvalue weighted by atomic mass is 9.43. The number of carbonyl (C=O) groups excluding carboxylic acids is 5. The zero-order valence-electron chi connectivity index (χ0n) is 40.2. The Labute approximate surface area is 398 Å². The summed E-state index contributed by atoms with van der Waals surface area (Å²) < 4.78 is 19.6. The first-order chi connectivity index (χ1) is 32.1. The number of carbonyl (C=O) groups is 7. The quantitative estimate of drug-likeness (QED) is 0.0834. The number of nitrogens with one attached hydrogen (secondary N) is 4. The zero-order chi connectivity index (χ0) is 49.7. The molecular weight excluding hydrogens is 875 g/mol. The van der Waals surface area contributed by atoms with Crippen LogP contribution in [0.25, 0.3) is 0 Å². The number of hydrogen-bond acceptors (Lipinski definition) is 11. The minimum absolute atomic E-state index is 0.112. The first kappa shape index (κ1) is 51.9. The third-order valence-corrected chi connectivity index (χ3v) is 14.6. The Morgan fingerprint density at radius 3 is 2.07 bits per heavy atom. The van der Waals surface area contributed by atoms with Crippen LogP contribution >= 0.6 is 0 Å². The summed E-state index contributed by atoms with van der Waals surface area (Å²) in [6.07, 6.45) is 2.20. The maximum Gasteiger partial charge on any atom is 0.481 e. The predicted octanol–water partition coefficient (Wildman–Crippen LogP) is 3.59.